The van der Waals surface area contributed by atoms with Crippen molar-refractivity contribution in [2.45, 2.75) is 58.4 Å². The highest BCUT2D eigenvalue weighted by atomic mass is 16.2. The molecular weight excluding hydrogens is 304 g/mol. The monoisotopic (exact) mass is 332 g/mol. The molecule has 1 atom stereocenters. The fourth-order valence-corrected chi connectivity index (χ4v) is 3.54. The van der Waals surface area contributed by atoms with Gasteiger partial charge in [-0.15, -0.1) is 0 Å². The minimum Gasteiger partial charge on any atom is -0.346 e. The highest BCUT2D eigenvalue weighted by Crippen LogP contribution is 2.30. The van der Waals surface area contributed by atoms with Crippen molar-refractivity contribution in [3.05, 3.63) is 17.7 Å². The molecule has 0 radical (unpaired) electrons. The third-order valence-corrected chi connectivity index (χ3v) is 5.41. The second-order valence-corrected chi connectivity index (χ2v) is 7.15. The lowest BCUT2D eigenvalue weighted by Crippen LogP contribution is -2.46. The first-order valence-electron chi connectivity index (χ1n) is 9.19. The smallest absolute Gasteiger partial charge is 0.225 e. The van der Waals surface area contributed by atoms with Crippen LogP contribution in [0.5, 0.6) is 0 Å². The van der Waals surface area contributed by atoms with Gasteiger partial charge < -0.3 is 15.2 Å². The van der Waals surface area contributed by atoms with E-state index in [0.717, 1.165) is 43.6 Å². The molecule has 24 heavy (non-hydrogen) atoms. The molecule has 1 aliphatic carbocycles. The van der Waals surface area contributed by atoms with Crippen molar-refractivity contribution in [1.29, 1.82) is 0 Å². The number of nitrogens with one attached hydrogen (secondary N) is 2. The van der Waals surface area contributed by atoms with Gasteiger partial charge in [-0.1, -0.05) is 13.3 Å². The normalized spacial score (nSPS) is 20.5. The number of amides is 2. The van der Waals surface area contributed by atoms with Gasteiger partial charge in [-0.05, 0) is 39.0 Å². The van der Waals surface area contributed by atoms with E-state index in [2.05, 4.69) is 15.3 Å². The molecule has 2 aliphatic rings. The second kappa shape index (κ2) is 7.36. The molecule has 2 heterocycles. The van der Waals surface area contributed by atoms with Crippen molar-refractivity contribution in [2.75, 3.05) is 13.1 Å². The van der Waals surface area contributed by atoms with E-state index in [4.69, 9.17) is 0 Å². The van der Waals surface area contributed by atoms with E-state index in [1.807, 2.05) is 18.7 Å². The van der Waals surface area contributed by atoms with Crippen molar-refractivity contribution in [2.24, 2.45) is 11.8 Å². The number of aromatic nitrogens is 2. The number of imidazole rings is 1. The Kier molecular flexibility index (Phi) is 5.21. The summed E-state index contributed by atoms with van der Waals surface area (Å²) in [7, 11) is 0. The largest absolute Gasteiger partial charge is 0.346 e. The standard InChI is InChI=1S/C18H28N4O2/c1-3-15(16-19-11-12(2)20-16)21-17(23)13-7-9-22(10-8-13)18(24)14-5-4-6-14/h11,13-15H,3-10H2,1-2H3,(H,19,20)(H,21,23)/t15-/m0/s1. The van der Waals surface area contributed by atoms with E-state index in [1.54, 1.807) is 6.20 Å². The number of carbonyl (C=O) groups is 2. The lowest BCUT2D eigenvalue weighted by Gasteiger charge is -2.36. The number of aromatic amines is 1. The van der Waals surface area contributed by atoms with Crippen LogP contribution in [0, 0.1) is 18.8 Å². The van der Waals surface area contributed by atoms with Crippen LogP contribution in [0.25, 0.3) is 0 Å². The molecule has 0 bridgehead atoms. The highest BCUT2D eigenvalue weighted by Gasteiger charge is 2.33. The van der Waals surface area contributed by atoms with Crippen molar-refractivity contribution in [3.63, 3.8) is 0 Å². The van der Waals surface area contributed by atoms with E-state index < -0.39 is 0 Å². The molecular formula is C18H28N4O2. The van der Waals surface area contributed by atoms with Crippen LogP contribution >= 0.6 is 0 Å². The third kappa shape index (κ3) is 3.62. The first kappa shape index (κ1) is 17.0. The maximum Gasteiger partial charge on any atom is 0.225 e. The van der Waals surface area contributed by atoms with Gasteiger partial charge in [-0.2, -0.15) is 0 Å². The van der Waals surface area contributed by atoms with E-state index >= 15 is 0 Å². The number of hydrogen-bond acceptors (Lipinski definition) is 3. The number of likely N-dealkylation sites (tertiary alicyclic amines) is 1. The SMILES string of the molecule is CC[C@H](NC(=O)C1CCN(C(=O)C2CCC2)CC1)c1ncc(C)[nH]1. The Balaban J connectivity index is 1.50. The molecule has 132 valence electrons. The Labute approximate surface area is 143 Å². The first-order valence-corrected chi connectivity index (χ1v) is 9.19. The van der Waals surface area contributed by atoms with Crippen molar-refractivity contribution in [1.82, 2.24) is 20.2 Å². The number of nitrogens with zero attached hydrogens (tertiary/aromatic N) is 2. The van der Waals surface area contributed by atoms with Crippen LogP contribution in [0.3, 0.4) is 0 Å². The summed E-state index contributed by atoms with van der Waals surface area (Å²) < 4.78 is 0. The summed E-state index contributed by atoms with van der Waals surface area (Å²) in [5.41, 5.74) is 1.00. The van der Waals surface area contributed by atoms with Gasteiger partial charge in [0.2, 0.25) is 11.8 Å². The number of rotatable bonds is 5. The van der Waals surface area contributed by atoms with Gasteiger partial charge in [-0.25, -0.2) is 4.98 Å². The van der Waals surface area contributed by atoms with Crippen LogP contribution in [0.1, 0.15) is 63.0 Å². The molecule has 3 rings (SSSR count). The van der Waals surface area contributed by atoms with Crippen LogP contribution in [-0.4, -0.2) is 39.8 Å². The highest BCUT2D eigenvalue weighted by molar-refractivity contribution is 5.81. The van der Waals surface area contributed by atoms with E-state index in [-0.39, 0.29) is 23.8 Å². The summed E-state index contributed by atoms with van der Waals surface area (Å²) in [6.07, 6.45) is 7.38. The summed E-state index contributed by atoms with van der Waals surface area (Å²) in [6.45, 7) is 5.43. The summed E-state index contributed by atoms with van der Waals surface area (Å²) in [6, 6.07) is -0.0687. The summed E-state index contributed by atoms with van der Waals surface area (Å²) in [5, 5.41) is 3.12. The Morgan fingerprint density at radius 2 is 2.00 bits per heavy atom. The maximum absolute atomic E-state index is 12.6. The molecule has 1 saturated heterocycles. The maximum atomic E-state index is 12.6. The minimum absolute atomic E-state index is 0.000509. The number of aryl methyl sites for hydroxylation is 1. The molecule has 1 aliphatic heterocycles. The van der Waals surface area contributed by atoms with E-state index in [1.165, 1.54) is 6.42 Å². The molecule has 1 aromatic rings. The zero-order valence-electron chi connectivity index (χ0n) is 14.7. The number of carbonyl (C=O) groups excluding carboxylic acids is 2. The average Bonchev–Trinajstić information content (AvgIpc) is 2.97. The molecule has 2 amide bonds. The fourth-order valence-electron chi connectivity index (χ4n) is 3.54. The zero-order chi connectivity index (χ0) is 17.1. The van der Waals surface area contributed by atoms with Crippen LogP contribution in [0.15, 0.2) is 6.20 Å². The van der Waals surface area contributed by atoms with Gasteiger partial charge >= 0.3 is 0 Å². The molecule has 1 saturated carbocycles. The lowest BCUT2D eigenvalue weighted by atomic mass is 9.83. The molecule has 0 spiro atoms. The molecule has 6 heteroatoms. The summed E-state index contributed by atoms with van der Waals surface area (Å²) in [5.74, 6) is 1.47. The second-order valence-electron chi connectivity index (χ2n) is 7.15. The topological polar surface area (TPSA) is 78.1 Å². The predicted octanol–water partition coefficient (Wildman–Crippen LogP) is 2.32. The zero-order valence-corrected chi connectivity index (χ0v) is 14.7. The fraction of sp³-hybridized carbons (Fsp3) is 0.722. The number of H-pyrrole nitrogens is 1. The average molecular weight is 332 g/mol. The van der Waals surface area contributed by atoms with E-state index in [0.29, 0.717) is 19.0 Å². The van der Waals surface area contributed by atoms with Crippen LogP contribution < -0.4 is 5.32 Å². The van der Waals surface area contributed by atoms with Gasteiger partial charge in [0.05, 0.1) is 6.04 Å². The quantitative estimate of drug-likeness (QED) is 0.868. The van der Waals surface area contributed by atoms with Crippen molar-refractivity contribution < 1.29 is 9.59 Å². The van der Waals surface area contributed by atoms with Crippen molar-refractivity contribution in [3.8, 4) is 0 Å². The number of piperidine rings is 1. The Morgan fingerprint density at radius 1 is 1.29 bits per heavy atom. The summed E-state index contributed by atoms with van der Waals surface area (Å²) >= 11 is 0. The Morgan fingerprint density at radius 3 is 2.50 bits per heavy atom. The lowest BCUT2D eigenvalue weighted by molar-refractivity contribution is -0.141. The number of hydrogen-bond donors (Lipinski definition) is 2. The molecule has 0 aromatic carbocycles. The Hall–Kier alpha value is -1.85. The molecule has 2 fully saturated rings. The van der Waals surface area contributed by atoms with Crippen molar-refractivity contribution >= 4 is 11.8 Å². The minimum atomic E-state index is -0.0687. The van der Waals surface area contributed by atoms with Crippen LogP contribution in [0.4, 0.5) is 0 Å². The molecule has 0 unspecified atom stereocenters. The van der Waals surface area contributed by atoms with Gasteiger partial charge in [0.1, 0.15) is 5.82 Å². The predicted molar refractivity (Wildman–Crippen MR) is 91.1 cm³/mol. The summed E-state index contributed by atoms with van der Waals surface area (Å²) in [4.78, 5) is 34.3. The van der Waals surface area contributed by atoms with Crippen LogP contribution in [-0.2, 0) is 9.59 Å². The molecule has 6 nitrogen and oxygen atoms in total. The van der Waals surface area contributed by atoms with Gasteiger partial charge in [0.15, 0.2) is 0 Å². The first-order chi connectivity index (χ1) is 11.6. The van der Waals surface area contributed by atoms with E-state index in [9.17, 15) is 9.59 Å². The molecule has 2 N–H and O–H groups in total. The Bertz CT molecular complexity index is 586. The third-order valence-electron chi connectivity index (χ3n) is 5.41. The van der Waals surface area contributed by atoms with Gasteiger partial charge in [-0.3, -0.25) is 9.59 Å². The molecule has 1 aromatic heterocycles. The van der Waals surface area contributed by atoms with Crippen LogP contribution in [0.2, 0.25) is 0 Å². The van der Waals surface area contributed by atoms with Gasteiger partial charge in [0, 0.05) is 36.8 Å². The van der Waals surface area contributed by atoms with Gasteiger partial charge in [0.25, 0.3) is 0 Å².